The highest BCUT2D eigenvalue weighted by molar-refractivity contribution is 6.65. The predicted octanol–water partition coefficient (Wildman–Crippen LogP) is 5.52. The molecule has 3 saturated carbocycles. The van der Waals surface area contributed by atoms with Gasteiger partial charge in [0.2, 0.25) is 11.8 Å². The number of halogens is 6. The van der Waals surface area contributed by atoms with E-state index in [1.807, 2.05) is 6.07 Å². The van der Waals surface area contributed by atoms with E-state index in [0.29, 0.717) is 12.1 Å². The Morgan fingerprint density at radius 1 is 0.793 bits per heavy atom. The highest BCUT2D eigenvalue weighted by Crippen LogP contribution is 2.84. The molecular weight excluding hydrogens is 499 g/mol. The number of alkyl halides is 4. The van der Waals surface area contributed by atoms with Crippen molar-refractivity contribution in [1.82, 2.24) is 0 Å². The first kappa shape index (κ1) is 19.5. The summed E-state index contributed by atoms with van der Waals surface area (Å²) in [6.07, 6.45) is 0.659. The molecule has 5 aliphatic rings. The number of hydrogen-bond donors (Lipinski definition) is 0. The average molecular weight is 512 g/mol. The number of imide groups is 1. The highest BCUT2D eigenvalue weighted by Gasteiger charge is 2.88. The summed E-state index contributed by atoms with van der Waals surface area (Å²) in [7, 11) is 0. The molecular formula is C20H13Cl6NO2. The Kier molecular flexibility index (Phi) is 3.77. The Morgan fingerprint density at radius 3 is 1.69 bits per heavy atom. The van der Waals surface area contributed by atoms with Gasteiger partial charge >= 0.3 is 0 Å². The maximum atomic E-state index is 13.4. The van der Waals surface area contributed by atoms with Gasteiger partial charge in [0, 0.05) is 0 Å². The summed E-state index contributed by atoms with van der Waals surface area (Å²) in [6.45, 7) is 0. The fraction of sp³-hybridized carbons (Fsp3) is 0.500. The molecule has 0 aromatic heterocycles. The summed E-state index contributed by atoms with van der Waals surface area (Å²) >= 11 is 40.5. The summed E-state index contributed by atoms with van der Waals surface area (Å²) < 4.78 is -1.63. The Balaban J connectivity index is 1.49. The number of benzene rings is 1. The number of carbonyl (C=O) groups excluding carboxylic acids is 2. The Hall–Kier alpha value is -0.160. The van der Waals surface area contributed by atoms with E-state index < -0.39 is 25.9 Å². The van der Waals surface area contributed by atoms with Crippen LogP contribution in [0.15, 0.2) is 40.4 Å². The summed E-state index contributed by atoms with van der Waals surface area (Å²) in [6, 6.07) is 8.95. The molecule has 29 heavy (non-hydrogen) atoms. The highest BCUT2D eigenvalue weighted by atomic mass is 35.5. The zero-order chi connectivity index (χ0) is 20.7. The Labute approximate surface area is 197 Å². The molecule has 1 saturated heterocycles. The number of anilines is 1. The topological polar surface area (TPSA) is 37.4 Å². The zero-order valence-electron chi connectivity index (χ0n) is 14.6. The van der Waals surface area contributed by atoms with Gasteiger partial charge in [-0.25, -0.2) is 0 Å². The van der Waals surface area contributed by atoms with E-state index in [-0.39, 0.29) is 45.6 Å². The number of allylic oxidation sites excluding steroid dienone is 2. The van der Waals surface area contributed by atoms with Gasteiger partial charge in [0.1, 0.15) is 9.75 Å². The SMILES string of the molecule is O=C1[C@@H]2[C@@H]3C[C@H]([C@@H]2C(=O)N1c1ccccc1)[C@@H]1[C@H]3[C@]2(Cl)C(Cl)=C(Cl)[C@@]1(Cl)C2(Cl)Cl. The lowest BCUT2D eigenvalue weighted by Gasteiger charge is -2.42. The van der Waals surface area contributed by atoms with Crippen LogP contribution in [-0.4, -0.2) is 25.9 Å². The van der Waals surface area contributed by atoms with Crippen LogP contribution < -0.4 is 4.90 Å². The fourth-order valence-electron chi connectivity index (χ4n) is 6.98. The molecule has 2 amide bonds. The maximum Gasteiger partial charge on any atom is 0.237 e. The standard InChI is InChI=1S/C20H13Cl6NO2/c21-14-15(22)19(24)13-9-6-8(12(13)18(14,23)20(19,25)26)10-11(9)17(29)27(16(10)28)7-4-2-1-3-5-7/h1-5,8-13H,6H2/t8-,9+,10+,11-,12-,13+,18-,19+. The molecule has 4 fully saturated rings. The third-order valence-corrected chi connectivity index (χ3v) is 12.1. The van der Waals surface area contributed by atoms with E-state index in [4.69, 9.17) is 69.6 Å². The molecule has 1 heterocycles. The van der Waals surface area contributed by atoms with Crippen molar-refractivity contribution in [2.24, 2.45) is 35.5 Å². The summed E-state index contributed by atoms with van der Waals surface area (Å²) in [5.74, 6) is -2.39. The number of fused-ring (bicyclic) bond motifs is 12. The van der Waals surface area contributed by atoms with Crippen molar-refractivity contribution >= 4 is 87.1 Å². The molecule has 9 heteroatoms. The summed E-state index contributed by atoms with van der Waals surface area (Å²) in [5, 5.41) is 0.311. The van der Waals surface area contributed by atoms with E-state index >= 15 is 0 Å². The van der Waals surface area contributed by atoms with Crippen molar-refractivity contribution in [3.05, 3.63) is 40.4 Å². The maximum absolute atomic E-state index is 13.4. The third kappa shape index (κ3) is 1.79. The number of para-hydroxylation sites is 1. The Bertz CT molecular complexity index is 969. The molecule has 0 unspecified atom stereocenters. The van der Waals surface area contributed by atoms with Crippen molar-refractivity contribution in [2.45, 2.75) is 20.5 Å². The van der Waals surface area contributed by atoms with Crippen LogP contribution in [0.3, 0.4) is 0 Å². The molecule has 4 bridgehead atoms. The van der Waals surface area contributed by atoms with Gasteiger partial charge in [-0.2, -0.15) is 0 Å². The molecule has 1 aromatic carbocycles. The van der Waals surface area contributed by atoms with Gasteiger partial charge in [0.05, 0.1) is 27.6 Å². The van der Waals surface area contributed by atoms with E-state index in [2.05, 4.69) is 0 Å². The second kappa shape index (κ2) is 5.60. The molecule has 1 aliphatic heterocycles. The minimum Gasteiger partial charge on any atom is -0.274 e. The normalized spacial score (nSPS) is 48.7. The molecule has 4 aliphatic carbocycles. The number of rotatable bonds is 1. The molecule has 0 radical (unpaired) electrons. The second-order valence-electron chi connectivity index (χ2n) is 8.64. The van der Waals surface area contributed by atoms with Crippen molar-refractivity contribution in [3.63, 3.8) is 0 Å². The van der Waals surface area contributed by atoms with Crippen LogP contribution in [0.4, 0.5) is 5.69 Å². The monoisotopic (exact) mass is 509 g/mol. The van der Waals surface area contributed by atoms with Crippen LogP contribution in [0.1, 0.15) is 6.42 Å². The number of nitrogens with zero attached hydrogens (tertiary/aromatic N) is 1. The lowest BCUT2D eigenvalue weighted by molar-refractivity contribution is -0.123. The van der Waals surface area contributed by atoms with Gasteiger partial charge in [0.15, 0.2) is 4.33 Å². The van der Waals surface area contributed by atoms with E-state index in [1.165, 1.54) is 4.90 Å². The molecule has 3 nitrogen and oxygen atoms in total. The van der Waals surface area contributed by atoms with E-state index in [1.54, 1.807) is 24.3 Å². The van der Waals surface area contributed by atoms with Crippen LogP contribution in [-0.2, 0) is 9.59 Å². The van der Waals surface area contributed by atoms with Crippen molar-refractivity contribution in [1.29, 1.82) is 0 Å². The van der Waals surface area contributed by atoms with Gasteiger partial charge in [-0.3, -0.25) is 14.5 Å². The second-order valence-corrected chi connectivity index (χ2v) is 11.9. The van der Waals surface area contributed by atoms with Gasteiger partial charge in [-0.15, -0.1) is 23.2 Å². The van der Waals surface area contributed by atoms with Crippen molar-refractivity contribution in [2.75, 3.05) is 4.90 Å². The van der Waals surface area contributed by atoms with Gasteiger partial charge < -0.3 is 0 Å². The van der Waals surface area contributed by atoms with Crippen LogP contribution in [0.25, 0.3) is 0 Å². The fourth-order valence-corrected chi connectivity index (χ4v) is 10.1. The van der Waals surface area contributed by atoms with Crippen LogP contribution in [0, 0.1) is 35.5 Å². The third-order valence-electron chi connectivity index (χ3n) is 7.85. The minimum atomic E-state index is -1.63. The number of amides is 2. The number of hydrogen-bond acceptors (Lipinski definition) is 2. The Morgan fingerprint density at radius 2 is 1.24 bits per heavy atom. The molecule has 152 valence electrons. The summed E-state index contributed by atoms with van der Waals surface area (Å²) in [4.78, 5) is 25.3. The number of carbonyl (C=O) groups is 2. The smallest absolute Gasteiger partial charge is 0.237 e. The predicted molar refractivity (Wildman–Crippen MR) is 115 cm³/mol. The zero-order valence-corrected chi connectivity index (χ0v) is 19.1. The molecule has 0 N–H and O–H groups in total. The summed E-state index contributed by atoms with van der Waals surface area (Å²) in [5.41, 5.74) is 0.573. The van der Waals surface area contributed by atoms with E-state index in [0.717, 1.165) is 0 Å². The van der Waals surface area contributed by atoms with Gasteiger partial charge in [-0.1, -0.05) is 64.6 Å². The molecule has 8 atom stereocenters. The van der Waals surface area contributed by atoms with Crippen LogP contribution >= 0.6 is 69.6 Å². The molecule has 6 rings (SSSR count). The van der Waals surface area contributed by atoms with Crippen molar-refractivity contribution < 1.29 is 9.59 Å². The van der Waals surface area contributed by atoms with Crippen LogP contribution in [0.5, 0.6) is 0 Å². The quantitative estimate of drug-likeness (QED) is 0.283. The molecule has 0 spiro atoms. The average Bonchev–Trinajstić information content (AvgIpc) is 3.39. The lowest BCUT2D eigenvalue weighted by Crippen LogP contribution is -2.46. The van der Waals surface area contributed by atoms with E-state index in [9.17, 15) is 9.59 Å². The molecule has 1 aromatic rings. The van der Waals surface area contributed by atoms with Gasteiger partial charge in [0.25, 0.3) is 0 Å². The van der Waals surface area contributed by atoms with Crippen molar-refractivity contribution in [3.8, 4) is 0 Å². The van der Waals surface area contributed by atoms with Gasteiger partial charge in [-0.05, 0) is 42.2 Å². The minimum absolute atomic E-state index is 0.155. The first-order valence-electron chi connectivity index (χ1n) is 9.34. The first-order valence-corrected chi connectivity index (χ1v) is 11.6. The van der Waals surface area contributed by atoms with Crippen LogP contribution in [0.2, 0.25) is 0 Å². The lowest BCUT2D eigenvalue weighted by atomic mass is 9.65. The largest absolute Gasteiger partial charge is 0.274 e. The first-order chi connectivity index (χ1) is 13.6.